The highest BCUT2D eigenvalue weighted by atomic mass is 35.5. The van der Waals surface area contributed by atoms with Gasteiger partial charge in [-0.25, -0.2) is 0 Å². The maximum Gasteiger partial charge on any atom is 0.138 e. The van der Waals surface area contributed by atoms with Crippen molar-refractivity contribution in [1.82, 2.24) is 4.57 Å². The molecule has 0 N–H and O–H groups in total. The predicted molar refractivity (Wildman–Crippen MR) is 129 cm³/mol. The Morgan fingerprint density at radius 1 is 0.581 bits per heavy atom. The van der Waals surface area contributed by atoms with Crippen LogP contribution in [0.3, 0.4) is 0 Å². The largest absolute Gasteiger partial charge is 0.456 e. The maximum atomic E-state index is 6.43. The molecule has 0 fully saturated rings. The number of nitrogens with zero attached hydrogens (tertiary/aromatic N) is 1. The van der Waals surface area contributed by atoms with Gasteiger partial charge in [0.25, 0.3) is 0 Å². The van der Waals surface area contributed by atoms with E-state index in [4.69, 9.17) is 16.3 Å². The highest BCUT2D eigenvalue weighted by molar-refractivity contribution is 6.31. The molecule has 1 aliphatic rings. The lowest BCUT2D eigenvalue weighted by Crippen LogP contribution is -1.99. The molecule has 31 heavy (non-hydrogen) atoms. The monoisotopic (exact) mass is 417 g/mol. The number of rotatable bonds is 1. The third-order valence-corrected chi connectivity index (χ3v) is 6.46. The molecule has 1 aromatic heterocycles. The van der Waals surface area contributed by atoms with Crippen LogP contribution in [-0.2, 0) is 0 Å². The first-order valence-electron chi connectivity index (χ1n) is 10.3. The molecule has 7 rings (SSSR count). The fraction of sp³-hybridized carbons (Fsp3) is 0. The van der Waals surface area contributed by atoms with Gasteiger partial charge >= 0.3 is 0 Å². The molecule has 0 aliphatic carbocycles. The van der Waals surface area contributed by atoms with E-state index >= 15 is 0 Å². The normalized spacial score (nSPS) is 12.3. The van der Waals surface area contributed by atoms with Crippen molar-refractivity contribution in [3.05, 3.63) is 102 Å². The van der Waals surface area contributed by atoms with Crippen LogP contribution in [0.25, 0.3) is 49.4 Å². The summed E-state index contributed by atoms with van der Waals surface area (Å²) in [5.74, 6) is 1.72. The lowest BCUT2D eigenvalue weighted by atomic mass is 9.92. The van der Waals surface area contributed by atoms with Gasteiger partial charge in [-0.3, -0.25) is 0 Å². The first-order chi connectivity index (χ1) is 15.3. The summed E-state index contributed by atoms with van der Waals surface area (Å²) < 4.78 is 8.75. The van der Waals surface area contributed by atoms with Gasteiger partial charge in [-0.1, -0.05) is 66.2 Å². The molecule has 0 spiro atoms. The van der Waals surface area contributed by atoms with Crippen molar-refractivity contribution < 1.29 is 4.74 Å². The number of fused-ring (bicyclic) bond motifs is 6. The molecule has 0 radical (unpaired) electrons. The van der Waals surface area contributed by atoms with Gasteiger partial charge in [-0.2, -0.15) is 0 Å². The SMILES string of the molecule is Clc1ccc2c(c1)-c1cccc3c1c(cc1c3c3ccccc3n1-c1ccccc1)O2. The molecule has 0 atom stereocenters. The molecule has 0 saturated carbocycles. The first-order valence-corrected chi connectivity index (χ1v) is 10.7. The van der Waals surface area contributed by atoms with E-state index in [2.05, 4.69) is 77.4 Å². The Morgan fingerprint density at radius 2 is 1.39 bits per heavy atom. The summed E-state index contributed by atoms with van der Waals surface area (Å²) in [6, 6.07) is 33.6. The van der Waals surface area contributed by atoms with Crippen molar-refractivity contribution in [3.63, 3.8) is 0 Å². The second-order valence-corrected chi connectivity index (χ2v) is 8.36. The average Bonchev–Trinajstić information content (AvgIpc) is 3.14. The van der Waals surface area contributed by atoms with Crippen molar-refractivity contribution in [3.8, 4) is 28.3 Å². The maximum absolute atomic E-state index is 6.43. The molecule has 3 heteroatoms. The zero-order chi connectivity index (χ0) is 20.5. The molecule has 2 heterocycles. The molecule has 0 unspecified atom stereocenters. The molecule has 0 bridgehead atoms. The van der Waals surface area contributed by atoms with E-state index in [9.17, 15) is 0 Å². The van der Waals surface area contributed by atoms with Crippen molar-refractivity contribution in [1.29, 1.82) is 0 Å². The van der Waals surface area contributed by atoms with E-state index in [1.54, 1.807) is 0 Å². The summed E-state index contributed by atoms with van der Waals surface area (Å²) >= 11 is 6.32. The Bertz CT molecular complexity index is 1660. The molecule has 6 aromatic rings. The molecule has 0 saturated heterocycles. The van der Waals surface area contributed by atoms with Crippen molar-refractivity contribution >= 4 is 44.2 Å². The Morgan fingerprint density at radius 3 is 2.29 bits per heavy atom. The predicted octanol–water partition coefficient (Wildman–Crippen LogP) is 8.36. The van der Waals surface area contributed by atoms with E-state index < -0.39 is 0 Å². The standard InChI is InChI=1S/C28H16ClNO/c29-17-13-14-25-22(15-17)19-10-6-11-21-27-20-9-4-5-12-23(20)30(18-7-2-1-3-8-18)24(27)16-26(31-25)28(19)21/h1-16H. The minimum absolute atomic E-state index is 0.713. The zero-order valence-electron chi connectivity index (χ0n) is 16.5. The van der Waals surface area contributed by atoms with Gasteiger partial charge < -0.3 is 9.30 Å². The van der Waals surface area contributed by atoms with E-state index in [0.717, 1.165) is 39.2 Å². The van der Waals surface area contributed by atoms with E-state index in [0.29, 0.717) is 5.02 Å². The second kappa shape index (κ2) is 6.13. The summed E-state index contributed by atoms with van der Waals surface area (Å²) in [6.07, 6.45) is 0. The smallest absolute Gasteiger partial charge is 0.138 e. The topological polar surface area (TPSA) is 14.2 Å². The van der Waals surface area contributed by atoms with Crippen molar-refractivity contribution in [2.75, 3.05) is 0 Å². The summed E-state index contributed by atoms with van der Waals surface area (Å²) in [7, 11) is 0. The Kier molecular flexibility index (Phi) is 3.36. The van der Waals surface area contributed by atoms with Crippen LogP contribution in [0, 0.1) is 0 Å². The van der Waals surface area contributed by atoms with Crippen molar-refractivity contribution in [2.24, 2.45) is 0 Å². The molecule has 146 valence electrons. The summed E-state index contributed by atoms with van der Waals surface area (Å²) in [5, 5.41) is 5.53. The zero-order valence-corrected chi connectivity index (χ0v) is 17.2. The fourth-order valence-corrected chi connectivity index (χ4v) is 5.15. The molecular formula is C28H16ClNO. The quantitative estimate of drug-likeness (QED) is 0.261. The van der Waals surface area contributed by atoms with Gasteiger partial charge in [-0.05, 0) is 47.3 Å². The highest BCUT2D eigenvalue weighted by Gasteiger charge is 2.24. The van der Waals surface area contributed by atoms with Crippen molar-refractivity contribution in [2.45, 2.75) is 0 Å². The fourth-order valence-electron chi connectivity index (χ4n) is 4.98. The van der Waals surface area contributed by atoms with Gasteiger partial charge in [0.1, 0.15) is 11.5 Å². The Hall–Kier alpha value is -3.75. The van der Waals surface area contributed by atoms with Crippen LogP contribution in [0.2, 0.25) is 5.02 Å². The summed E-state index contributed by atoms with van der Waals surface area (Å²) in [5.41, 5.74) is 5.67. The summed E-state index contributed by atoms with van der Waals surface area (Å²) in [4.78, 5) is 0. The van der Waals surface area contributed by atoms with Crippen LogP contribution in [0.15, 0.2) is 97.1 Å². The average molecular weight is 418 g/mol. The van der Waals surface area contributed by atoms with Gasteiger partial charge in [-0.15, -0.1) is 0 Å². The van der Waals surface area contributed by atoms with Gasteiger partial charge in [0.05, 0.1) is 11.0 Å². The number of hydrogen-bond donors (Lipinski definition) is 0. The van der Waals surface area contributed by atoms with Crippen LogP contribution in [-0.4, -0.2) is 4.57 Å². The third kappa shape index (κ3) is 2.28. The summed E-state index contributed by atoms with van der Waals surface area (Å²) in [6.45, 7) is 0. The molecule has 5 aromatic carbocycles. The molecular weight excluding hydrogens is 402 g/mol. The minimum Gasteiger partial charge on any atom is -0.456 e. The van der Waals surface area contributed by atoms with Crippen LogP contribution in [0.4, 0.5) is 0 Å². The number of para-hydroxylation sites is 2. The van der Waals surface area contributed by atoms with E-state index in [1.165, 1.54) is 21.7 Å². The number of aromatic nitrogens is 1. The molecule has 1 aliphatic heterocycles. The number of ether oxygens (including phenoxy) is 1. The van der Waals surface area contributed by atoms with E-state index in [-0.39, 0.29) is 0 Å². The van der Waals surface area contributed by atoms with Gasteiger partial charge in [0.2, 0.25) is 0 Å². The first kappa shape index (κ1) is 17.0. The molecule has 2 nitrogen and oxygen atoms in total. The van der Waals surface area contributed by atoms with Crippen LogP contribution in [0.1, 0.15) is 0 Å². The lowest BCUT2D eigenvalue weighted by Gasteiger charge is -2.22. The number of halogens is 1. The van der Waals surface area contributed by atoms with Gasteiger partial charge in [0.15, 0.2) is 0 Å². The Labute approximate surface area is 183 Å². The van der Waals surface area contributed by atoms with E-state index in [1.807, 2.05) is 24.3 Å². The minimum atomic E-state index is 0.713. The number of benzene rings is 5. The highest BCUT2D eigenvalue weighted by Crippen LogP contribution is 2.50. The van der Waals surface area contributed by atoms with Crippen LogP contribution >= 0.6 is 11.6 Å². The second-order valence-electron chi connectivity index (χ2n) is 7.93. The lowest BCUT2D eigenvalue weighted by molar-refractivity contribution is 0.487. The van der Waals surface area contributed by atoms with Crippen LogP contribution in [0.5, 0.6) is 11.5 Å². The third-order valence-electron chi connectivity index (χ3n) is 6.23. The Balaban J connectivity index is 1.71. The van der Waals surface area contributed by atoms with Gasteiger partial charge in [0, 0.05) is 38.5 Å². The molecule has 0 amide bonds. The number of hydrogen-bond acceptors (Lipinski definition) is 1. The van der Waals surface area contributed by atoms with Crippen LogP contribution < -0.4 is 4.74 Å².